The number of aromatic carboxylic acids is 1. The molecule has 32 heavy (non-hydrogen) atoms. The number of halogens is 3. The maximum atomic E-state index is 15.3. The van der Waals surface area contributed by atoms with Crippen molar-refractivity contribution in [2.45, 2.75) is 71.3 Å². The van der Waals surface area contributed by atoms with E-state index in [4.69, 9.17) is 5.73 Å². The fraction of sp³-hybridized carbons (Fsp3) is 0.565. The highest BCUT2D eigenvalue weighted by Crippen LogP contribution is 2.30. The summed E-state index contributed by atoms with van der Waals surface area (Å²) in [6.45, 7) is 2.71. The van der Waals surface area contributed by atoms with Crippen molar-refractivity contribution in [1.82, 2.24) is 4.57 Å². The Bertz CT molecular complexity index is 992. The number of aryl methyl sites for hydroxylation is 1. The molecule has 0 unspecified atom stereocenters. The summed E-state index contributed by atoms with van der Waals surface area (Å²) in [5, 5.41) is 11.0. The standard InChI is InChI=1S/C23H32F3N3O3/c1-2-3-4-5-6-7-8-9-13-29-14-15(23(31)32)22(30)16-17(24)18(25)20(19(26)21(16)29)28-12-10-11-27/h14,28H,2-13,27H2,1H3,(H,31,32). The van der Waals surface area contributed by atoms with Gasteiger partial charge in [-0.05, 0) is 19.4 Å². The molecule has 0 radical (unpaired) electrons. The van der Waals surface area contributed by atoms with Gasteiger partial charge in [0.1, 0.15) is 11.3 Å². The molecule has 0 fully saturated rings. The average molecular weight is 456 g/mol. The molecule has 4 N–H and O–H groups in total. The predicted octanol–water partition coefficient (Wildman–Crippen LogP) is 5.02. The Labute approximate surface area is 185 Å². The number of carbonyl (C=O) groups is 1. The van der Waals surface area contributed by atoms with Gasteiger partial charge in [-0.2, -0.15) is 0 Å². The molecule has 0 saturated carbocycles. The summed E-state index contributed by atoms with van der Waals surface area (Å²) >= 11 is 0. The van der Waals surface area contributed by atoms with Gasteiger partial charge in [-0.25, -0.2) is 18.0 Å². The molecule has 1 aromatic carbocycles. The first-order valence-corrected chi connectivity index (χ1v) is 11.3. The van der Waals surface area contributed by atoms with E-state index in [1.165, 1.54) is 17.4 Å². The summed E-state index contributed by atoms with van der Waals surface area (Å²) in [4.78, 5) is 24.0. The van der Waals surface area contributed by atoms with Crippen molar-refractivity contribution in [3.63, 3.8) is 0 Å². The van der Waals surface area contributed by atoms with Gasteiger partial charge < -0.3 is 20.7 Å². The number of hydrogen-bond donors (Lipinski definition) is 3. The molecule has 0 amide bonds. The van der Waals surface area contributed by atoms with Crippen molar-refractivity contribution in [2.24, 2.45) is 5.73 Å². The van der Waals surface area contributed by atoms with Crippen molar-refractivity contribution in [3.05, 3.63) is 39.4 Å². The van der Waals surface area contributed by atoms with Gasteiger partial charge in [0.05, 0.1) is 10.9 Å². The van der Waals surface area contributed by atoms with Gasteiger partial charge in [-0.1, -0.05) is 51.9 Å². The summed E-state index contributed by atoms with van der Waals surface area (Å²) in [5.41, 5.74) is 2.30. The minimum atomic E-state index is -1.58. The Morgan fingerprint density at radius 2 is 1.62 bits per heavy atom. The third-order valence-corrected chi connectivity index (χ3v) is 5.51. The number of unbranched alkanes of at least 4 members (excludes halogenated alkanes) is 7. The SMILES string of the molecule is CCCCCCCCCCn1cc(C(=O)O)c(=O)c2c(F)c(F)c(NCCCN)c(F)c21. The Balaban J connectivity index is 2.38. The minimum Gasteiger partial charge on any atom is -0.477 e. The van der Waals surface area contributed by atoms with Gasteiger partial charge in [0.2, 0.25) is 5.43 Å². The van der Waals surface area contributed by atoms with Gasteiger partial charge in [-0.3, -0.25) is 4.79 Å². The number of fused-ring (bicyclic) bond motifs is 1. The van der Waals surface area contributed by atoms with Gasteiger partial charge in [-0.15, -0.1) is 0 Å². The van der Waals surface area contributed by atoms with E-state index in [1.54, 1.807) is 0 Å². The second-order valence-corrected chi connectivity index (χ2v) is 7.95. The number of benzene rings is 1. The van der Waals surface area contributed by atoms with E-state index in [2.05, 4.69) is 12.2 Å². The van der Waals surface area contributed by atoms with Crippen molar-refractivity contribution in [1.29, 1.82) is 0 Å². The van der Waals surface area contributed by atoms with Crippen LogP contribution < -0.4 is 16.5 Å². The zero-order chi connectivity index (χ0) is 23.7. The topological polar surface area (TPSA) is 97.3 Å². The molecule has 0 spiro atoms. The van der Waals surface area contributed by atoms with E-state index in [1.807, 2.05) is 0 Å². The third kappa shape index (κ3) is 6.03. The number of anilines is 1. The Kier molecular flexibility index (Phi) is 10.0. The number of nitrogens with two attached hydrogens (primary N) is 1. The van der Waals surface area contributed by atoms with E-state index < -0.39 is 51.0 Å². The van der Waals surface area contributed by atoms with Crippen molar-refractivity contribution in [2.75, 3.05) is 18.4 Å². The number of carboxylic acids is 1. The molecule has 0 bridgehead atoms. The van der Waals surface area contributed by atoms with Crippen LogP contribution in [0.5, 0.6) is 0 Å². The van der Waals surface area contributed by atoms with Gasteiger partial charge in [0, 0.05) is 19.3 Å². The molecule has 1 aromatic heterocycles. The lowest BCUT2D eigenvalue weighted by atomic mass is 10.1. The van der Waals surface area contributed by atoms with Crippen molar-refractivity contribution >= 4 is 22.6 Å². The average Bonchev–Trinajstić information content (AvgIpc) is 2.76. The first kappa shape index (κ1) is 25.7. The summed E-state index contributed by atoms with van der Waals surface area (Å²) in [5.74, 6) is -5.81. The highest BCUT2D eigenvalue weighted by atomic mass is 19.2. The summed E-state index contributed by atoms with van der Waals surface area (Å²) < 4.78 is 45.8. The molecule has 0 aliphatic rings. The van der Waals surface area contributed by atoms with Crippen LogP contribution in [0.2, 0.25) is 0 Å². The number of carboxylic acid groups (broad SMARTS) is 1. The predicted molar refractivity (Wildman–Crippen MR) is 120 cm³/mol. The molecule has 178 valence electrons. The van der Waals surface area contributed by atoms with Crippen molar-refractivity contribution in [3.8, 4) is 0 Å². The molecule has 0 aliphatic heterocycles. The van der Waals surface area contributed by atoms with Crippen LogP contribution in [0.3, 0.4) is 0 Å². The Hall–Kier alpha value is -2.55. The Morgan fingerprint density at radius 1 is 1.00 bits per heavy atom. The van der Waals surface area contributed by atoms with Gasteiger partial charge >= 0.3 is 5.97 Å². The van der Waals surface area contributed by atoms with E-state index in [0.29, 0.717) is 12.8 Å². The van der Waals surface area contributed by atoms with Crippen LogP contribution in [-0.4, -0.2) is 28.7 Å². The first-order chi connectivity index (χ1) is 15.3. The third-order valence-electron chi connectivity index (χ3n) is 5.51. The zero-order valence-corrected chi connectivity index (χ0v) is 18.5. The molecule has 0 aliphatic carbocycles. The number of aromatic nitrogens is 1. The zero-order valence-electron chi connectivity index (χ0n) is 18.5. The monoisotopic (exact) mass is 455 g/mol. The molecule has 0 saturated heterocycles. The van der Waals surface area contributed by atoms with Crippen LogP contribution >= 0.6 is 0 Å². The van der Waals surface area contributed by atoms with Gasteiger partial charge in [0.25, 0.3) is 0 Å². The summed E-state index contributed by atoms with van der Waals surface area (Å²) in [6, 6.07) is 0. The molecule has 0 atom stereocenters. The number of nitrogens with zero attached hydrogens (tertiary/aromatic N) is 1. The van der Waals surface area contributed by atoms with Crippen LogP contribution in [0.1, 0.15) is 75.1 Å². The van der Waals surface area contributed by atoms with Crippen molar-refractivity contribution < 1.29 is 23.1 Å². The normalized spacial score (nSPS) is 11.3. The van der Waals surface area contributed by atoms with Gasteiger partial charge in [0.15, 0.2) is 17.5 Å². The van der Waals surface area contributed by atoms with E-state index in [0.717, 1.165) is 38.3 Å². The summed E-state index contributed by atoms with van der Waals surface area (Å²) in [6.07, 6.45) is 9.52. The maximum absolute atomic E-state index is 15.3. The van der Waals surface area contributed by atoms with E-state index in [9.17, 15) is 23.5 Å². The lowest BCUT2D eigenvalue weighted by Gasteiger charge is -2.17. The van der Waals surface area contributed by atoms with Crippen LogP contribution in [0.25, 0.3) is 10.9 Å². The summed E-state index contributed by atoms with van der Waals surface area (Å²) in [7, 11) is 0. The van der Waals surface area contributed by atoms with Crippen LogP contribution in [0, 0.1) is 17.5 Å². The lowest BCUT2D eigenvalue weighted by molar-refractivity contribution is 0.0694. The number of hydrogen-bond acceptors (Lipinski definition) is 4. The van der Waals surface area contributed by atoms with E-state index >= 15 is 4.39 Å². The molecule has 9 heteroatoms. The van der Waals surface area contributed by atoms with Crippen LogP contribution in [0.15, 0.2) is 11.0 Å². The largest absolute Gasteiger partial charge is 0.477 e. The second-order valence-electron chi connectivity index (χ2n) is 7.95. The smallest absolute Gasteiger partial charge is 0.341 e. The Morgan fingerprint density at radius 3 is 2.22 bits per heavy atom. The minimum absolute atomic E-state index is 0.116. The highest BCUT2D eigenvalue weighted by molar-refractivity contribution is 5.94. The second kappa shape index (κ2) is 12.5. The molecular weight excluding hydrogens is 423 g/mol. The molecule has 2 aromatic rings. The highest BCUT2D eigenvalue weighted by Gasteiger charge is 2.26. The molecule has 2 rings (SSSR count). The molecule has 1 heterocycles. The quantitative estimate of drug-likeness (QED) is 0.275. The number of pyridine rings is 1. The maximum Gasteiger partial charge on any atom is 0.341 e. The van der Waals surface area contributed by atoms with E-state index in [-0.39, 0.29) is 19.6 Å². The fourth-order valence-corrected chi connectivity index (χ4v) is 3.75. The lowest BCUT2D eigenvalue weighted by Crippen LogP contribution is -2.22. The number of rotatable bonds is 14. The van der Waals surface area contributed by atoms with Crippen LogP contribution in [0.4, 0.5) is 18.9 Å². The molecular formula is C23H32F3N3O3. The number of nitrogens with one attached hydrogen (secondary N) is 1. The molecule has 6 nitrogen and oxygen atoms in total. The first-order valence-electron chi connectivity index (χ1n) is 11.3. The van der Waals surface area contributed by atoms with Crippen LogP contribution in [-0.2, 0) is 6.54 Å². The fourth-order valence-electron chi connectivity index (χ4n) is 3.75.